The molecule has 3 aromatic rings. The fourth-order valence-electron chi connectivity index (χ4n) is 2.67. The van der Waals surface area contributed by atoms with E-state index in [1.165, 1.54) is 5.01 Å². The number of rotatable bonds is 7. The van der Waals surface area contributed by atoms with Crippen molar-refractivity contribution in [3.05, 3.63) is 52.7 Å². The van der Waals surface area contributed by atoms with Gasteiger partial charge in [0.2, 0.25) is 6.41 Å². The van der Waals surface area contributed by atoms with Gasteiger partial charge in [-0.05, 0) is 30.7 Å². The number of methoxy groups -OCH3 is 1. The molecule has 0 fully saturated rings. The van der Waals surface area contributed by atoms with E-state index in [1.54, 1.807) is 30.7 Å². The molecule has 0 N–H and O–H groups in total. The van der Waals surface area contributed by atoms with Gasteiger partial charge in [-0.1, -0.05) is 18.7 Å². The summed E-state index contributed by atoms with van der Waals surface area (Å²) in [5.74, 6) is 0.750. The van der Waals surface area contributed by atoms with E-state index >= 15 is 0 Å². The van der Waals surface area contributed by atoms with Crippen LogP contribution in [0.2, 0.25) is 0 Å². The molecule has 0 aliphatic heterocycles. The fourth-order valence-corrected chi connectivity index (χ4v) is 3.68. The molecule has 0 bridgehead atoms. The van der Waals surface area contributed by atoms with Crippen molar-refractivity contribution in [2.24, 2.45) is 12.1 Å². The van der Waals surface area contributed by atoms with E-state index in [0.717, 1.165) is 37.9 Å². The van der Waals surface area contributed by atoms with E-state index in [9.17, 15) is 4.79 Å². The number of thiazole rings is 1. The summed E-state index contributed by atoms with van der Waals surface area (Å²) < 4.78 is 8.28. The molecule has 26 heavy (non-hydrogen) atoms. The van der Waals surface area contributed by atoms with Crippen molar-refractivity contribution in [1.82, 2.24) is 14.6 Å². The Kier molecular flexibility index (Phi) is 5.18. The molecular formula is C19H20N4O2S. The zero-order valence-electron chi connectivity index (χ0n) is 15.0. The summed E-state index contributed by atoms with van der Waals surface area (Å²) >= 11 is 1.56. The summed E-state index contributed by atoms with van der Waals surface area (Å²) in [6.07, 6.45) is 4.17. The van der Waals surface area contributed by atoms with Crippen LogP contribution >= 0.6 is 11.3 Å². The summed E-state index contributed by atoms with van der Waals surface area (Å²) in [6, 6.07) is 7.57. The van der Waals surface area contributed by atoms with E-state index in [2.05, 4.69) is 16.7 Å². The first-order valence-electron chi connectivity index (χ1n) is 8.04. The maximum absolute atomic E-state index is 11.4. The maximum atomic E-state index is 11.4. The quantitative estimate of drug-likeness (QED) is 0.364. The number of carbonyl (C=O) groups is 1. The summed E-state index contributed by atoms with van der Waals surface area (Å²) in [5.41, 5.74) is 3.85. The third kappa shape index (κ3) is 3.39. The Morgan fingerprint density at radius 1 is 1.46 bits per heavy atom. The van der Waals surface area contributed by atoms with Crippen molar-refractivity contribution in [2.45, 2.75) is 13.5 Å². The van der Waals surface area contributed by atoms with Crippen molar-refractivity contribution in [2.75, 3.05) is 7.11 Å². The summed E-state index contributed by atoms with van der Waals surface area (Å²) in [6.45, 7) is 6.15. The molecule has 7 heteroatoms. The van der Waals surface area contributed by atoms with Crippen LogP contribution in [-0.2, 0) is 18.4 Å². The monoisotopic (exact) mass is 368 g/mol. The van der Waals surface area contributed by atoms with Crippen LogP contribution in [0.25, 0.3) is 16.4 Å². The Morgan fingerprint density at radius 3 is 2.96 bits per heavy atom. The molecule has 134 valence electrons. The number of fused-ring (bicyclic) bond motifs is 1. The summed E-state index contributed by atoms with van der Waals surface area (Å²) in [4.78, 5) is 16.0. The van der Waals surface area contributed by atoms with Crippen molar-refractivity contribution < 1.29 is 9.53 Å². The molecule has 0 spiro atoms. The smallest absolute Gasteiger partial charge is 0.230 e. The Bertz CT molecular complexity index is 987. The molecule has 0 radical (unpaired) electrons. The number of aryl methyl sites for hydroxylation is 1. The van der Waals surface area contributed by atoms with Gasteiger partial charge in [0, 0.05) is 18.3 Å². The molecule has 1 amide bonds. The average molecular weight is 368 g/mol. The van der Waals surface area contributed by atoms with Gasteiger partial charge in [0.05, 0.1) is 24.6 Å². The first-order valence-corrected chi connectivity index (χ1v) is 8.86. The van der Waals surface area contributed by atoms with Crippen molar-refractivity contribution in [3.63, 3.8) is 0 Å². The number of hydrazone groups is 1. The Balaban J connectivity index is 1.88. The zero-order valence-corrected chi connectivity index (χ0v) is 15.8. The second-order valence-electron chi connectivity index (χ2n) is 5.77. The maximum Gasteiger partial charge on any atom is 0.230 e. The van der Waals surface area contributed by atoms with Gasteiger partial charge in [0.25, 0.3) is 0 Å². The first-order chi connectivity index (χ1) is 12.6. The highest BCUT2D eigenvalue weighted by Gasteiger charge is 2.15. The van der Waals surface area contributed by atoms with Gasteiger partial charge < -0.3 is 9.30 Å². The van der Waals surface area contributed by atoms with E-state index in [-0.39, 0.29) is 0 Å². The summed E-state index contributed by atoms with van der Waals surface area (Å²) in [5, 5.41) is 6.59. The molecule has 0 saturated carbocycles. The SMILES string of the molecule is C=Cc1nc2c(s1)c(/C=N\N(C=O)Cc1cccc(OC)c1)c(C)n2C. The van der Waals surface area contributed by atoms with Crippen LogP contribution in [-0.4, -0.2) is 34.3 Å². The lowest BCUT2D eigenvalue weighted by atomic mass is 10.2. The standard InChI is InChI=1S/C19H20N4O2S/c1-5-17-21-19-18(26-17)16(13(2)22(19)3)10-20-23(12-24)11-14-7-6-8-15(9-14)25-4/h5-10,12H,1,11H2,2-4H3/b20-10-. The predicted octanol–water partition coefficient (Wildman–Crippen LogP) is 3.59. The van der Waals surface area contributed by atoms with Crippen LogP contribution in [0.4, 0.5) is 0 Å². The molecule has 0 unspecified atom stereocenters. The third-order valence-corrected chi connectivity index (χ3v) is 5.26. The normalized spacial score (nSPS) is 11.2. The lowest BCUT2D eigenvalue weighted by Gasteiger charge is -2.11. The molecule has 6 nitrogen and oxygen atoms in total. The van der Waals surface area contributed by atoms with Crippen LogP contribution in [0.3, 0.4) is 0 Å². The minimum atomic E-state index is 0.368. The molecule has 1 aromatic carbocycles. The van der Waals surface area contributed by atoms with E-state index in [1.807, 2.05) is 42.8 Å². The number of carbonyl (C=O) groups excluding carboxylic acids is 1. The van der Waals surface area contributed by atoms with Crippen LogP contribution in [0, 0.1) is 6.92 Å². The average Bonchev–Trinajstić information content (AvgIpc) is 3.18. The highest BCUT2D eigenvalue weighted by molar-refractivity contribution is 7.19. The number of aromatic nitrogens is 2. The molecule has 2 aromatic heterocycles. The van der Waals surface area contributed by atoms with Crippen LogP contribution < -0.4 is 4.74 Å². The minimum absolute atomic E-state index is 0.368. The molecular weight excluding hydrogens is 348 g/mol. The van der Waals surface area contributed by atoms with E-state index in [0.29, 0.717) is 13.0 Å². The fraction of sp³-hybridized carbons (Fsp3) is 0.211. The highest BCUT2D eigenvalue weighted by Crippen LogP contribution is 2.29. The third-order valence-electron chi connectivity index (χ3n) is 4.19. The second kappa shape index (κ2) is 7.53. The lowest BCUT2D eigenvalue weighted by molar-refractivity contribution is -0.118. The molecule has 0 aliphatic rings. The number of hydrogen-bond acceptors (Lipinski definition) is 5. The Labute approximate surface area is 156 Å². The Morgan fingerprint density at radius 2 is 2.27 bits per heavy atom. The van der Waals surface area contributed by atoms with Gasteiger partial charge in [0.1, 0.15) is 10.8 Å². The molecule has 0 atom stereocenters. The van der Waals surface area contributed by atoms with Crippen LogP contribution in [0.15, 0.2) is 35.9 Å². The van der Waals surface area contributed by atoms with Crippen molar-refractivity contribution in [1.29, 1.82) is 0 Å². The number of benzene rings is 1. The molecule has 0 aliphatic carbocycles. The van der Waals surface area contributed by atoms with Gasteiger partial charge >= 0.3 is 0 Å². The molecule has 0 saturated heterocycles. The number of nitrogens with zero attached hydrogens (tertiary/aromatic N) is 4. The summed E-state index contributed by atoms with van der Waals surface area (Å²) in [7, 11) is 3.58. The van der Waals surface area contributed by atoms with Crippen molar-refractivity contribution >= 4 is 40.4 Å². The van der Waals surface area contributed by atoms with E-state index < -0.39 is 0 Å². The van der Waals surface area contributed by atoms with Crippen LogP contribution in [0.1, 0.15) is 21.8 Å². The Hall–Kier alpha value is -2.93. The zero-order chi connectivity index (χ0) is 18.7. The molecule has 3 rings (SSSR count). The van der Waals surface area contributed by atoms with Gasteiger partial charge in [-0.2, -0.15) is 5.10 Å². The van der Waals surface area contributed by atoms with Gasteiger partial charge in [0.15, 0.2) is 5.65 Å². The number of ether oxygens (including phenoxy) is 1. The second-order valence-corrected chi connectivity index (χ2v) is 6.80. The molecule has 2 heterocycles. The predicted molar refractivity (Wildman–Crippen MR) is 106 cm³/mol. The minimum Gasteiger partial charge on any atom is -0.497 e. The van der Waals surface area contributed by atoms with Gasteiger partial charge in [-0.25, -0.2) is 9.99 Å². The highest BCUT2D eigenvalue weighted by atomic mass is 32.1. The van der Waals surface area contributed by atoms with Crippen LogP contribution in [0.5, 0.6) is 5.75 Å². The lowest BCUT2D eigenvalue weighted by Crippen LogP contribution is -2.15. The van der Waals surface area contributed by atoms with Gasteiger partial charge in [-0.3, -0.25) is 4.79 Å². The number of amides is 1. The van der Waals surface area contributed by atoms with Crippen molar-refractivity contribution in [3.8, 4) is 5.75 Å². The number of hydrogen-bond donors (Lipinski definition) is 0. The largest absolute Gasteiger partial charge is 0.497 e. The van der Waals surface area contributed by atoms with E-state index in [4.69, 9.17) is 4.74 Å². The van der Waals surface area contributed by atoms with Gasteiger partial charge in [-0.15, -0.1) is 11.3 Å². The first kappa shape index (κ1) is 17.9. The topological polar surface area (TPSA) is 59.7 Å².